The Morgan fingerprint density at radius 3 is 2.83 bits per heavy atom. The van der Waals surface area contributed by atoms with Crippen molar-refractivity contribution in [1.29, 1.82) is 0 Å². The number of nitrogens with one attached hydrogen (secondary N) is 1. The van der Waals surface area contributed by atoms with Gasteiger partial charge >= 0.3 is 0 Å². The second kappa shape index (κ2) is 8.35. The smallest absolute Gasteiger partial charge is 0.271 e. The molecule has 0 spiro atoms. The van der Waals surface area contributed by atoms with Gasteiger partial charge in [0.15, 0.2) is 11.5 Å². The molecule has 0 aromatic heterocycles. The van der Waals surface area contributed by atoms with Crippen molar-refractivity contribution in [1.82, 2.24) is 5.43 Å². The van der Waals surface area contributed by atoms with Gasteiger partial charge < -0.3 is 14.6 Å². The lowest BCUT2D eigenvalue weighted by atomic mass is 10.2. The minimum atomic E-state index is -0.395. The van der Waals surface area contributed by atoms with Crippen LogP contribution >= 0.6 is 15.9 Å². The van der Waals surface area contributed by atoms with Gasteiger partial charge in [-0.2, -0.15) is 5.10 Å². The number of methoxy groups -OCH3 is 1. The molecule has 0 fully saturated rings. The third kappa shape index (κ3) is 4.48. The molecule has 0 aliphatic rings. The fourth-order valence-corrected chi connectivity index (χ4v) is 2.53. The van der Waals surface area contributed by atoms with Gasteiger partial charge in [-0.1, -0.05) is 12.1 Å². The van der Waals surface area contributed by atoms with Crippen LogP contribution in [0.2, 0.25) is 0 Å². The van der Waals surface area contributed by atoms with Crippen molar-refractivity contribution < 1.29 is 19.4 Å². The molecular weight excluding hydrogens is 376 g/mol. The first-order chi connectivity index (χ1) is 11.5. The highest BCUT2D eigenvalue weighted by atomic mass is 79.9. The van der Waals surface area contributed by atoms with Crippen molar-refractivity contribution in [3.05, 3.63) is 52.0 Å². The zero-order chi connectivity index (χ0) is 17.5. The lowest BCUT2D eigenvalue weighted by molar-refractivity contribution is 0.0954. The minimum absolute atomic E-state index is 0.130. The molecule has 2 aromatic carbocycles. The minimum Gasteiger partial charge on any atom is -0.508 e. The molecule has 0 atom stereocenters. The Bertz CT molecular complexity index is 762. The predicted octanol–water partition coefficient (Wildman–Crippen LogP) is 3.33. The van der Waals surface area contributed by atoms with Crippen LogP contribution in [0.15, 0.2) is 46.0 Å². The van der Waals surface area contributed by atoms with Crippen LogP contribution in [0, 0.1) is 0 Å². The Labute approximate surface area is 148 Å². The fraction of sp³-hybridized carbons (Fsp3) is 0.176. The van der Waals surface area contributed by atoms with Crippen LogP contribution in [0.4, 0.5) is 0 Å². The van der Waals surface area contributed by atoms with E-state index in [-0.39, 0.29) is 5.75 Å². The average Bonchev–Trinajstić information content (AvgIpc) is 2.56. The number of rotatable bonds is 6. The predicted molar refractivity (Wildman–Crippen MR) is 95.0 cm³/mol. The molecule has 24 heavy (non-hydrogen) atoms. The maximum Gasteiger partial charge on any atom is 0.271 e. The summed E-state index contributed by atoms with van der Waals surface area (Å²) in [7, 11) is 1.51. The number of ether oxygens (including phenoxy) is 2. The number of hydrogen-bond acceptors (Lipinski definition) is 5. The van der Waals surface area contributed by atoms with Gasteiger partial charge in [-0.15, -0.1) is 0 Å². The summed E-state index contributed by atoms with van der Waals surface area (Å²) in [5, 5.41) is 13.3. The van der Waals surface area contributed by atoms with E-state index in [2.05, 4.69) is 26.5 Å². The number of hydrazone groups is 1. The van der Waals surface area contributed by atoms with Crippen molar-refractivity contribution in [2.75, 3.05) is 13.7 Å². The molecule has 1 amide bonds. The Balaban J connectivity index is 2.13. The second-order valence-electron chi connectivity index (χ2n) is 4.72. The van der Waals surface area contributed by atoms with E-state index in [0.717, 1.165) is 0 Å². The number of aromatic hydroxyl groups is 1. The van der Waals surface area contributed by atoms with E-state index in [1.54, 1.807) is 30.3 Å². The second-order valence-corrected chi connectivity index (χ2v) is 5.57. The molecule has 2 aromatic rings. The van der Waals surface area contributed by atoms with Gasteiger partial charge in [0.05, 0.1) is 24.4 Å². The van der Waals surface area contributed by atoms with Crippen molar-refractivity contribution in [2.24, 2.45) is 5.10 Å². The first-order valence-electron chi connectivity index (χ1n) is 7.18. The van der Waals surface area contributed by atoms with Crippen molar-refractivity contribution >= 4 is 28.1 Å². The molecule has 6 nitrogen and oxygen atoms in total. The molecule has 0 saturated carbocycles. The summed E-state index contributed by atoms with van der Waals surface area (Å²) in [4.78, 5) is 12.2. The zero-order valence-electron chi connectivity index (χ0n) is 13.2. The lowest BCUT2D eigenvalue weighted by Gasteiger charge is -2.12. The molecule has 0 bridgehead atoms. The molecule has 0 heterocycles. The number of phenols is 1. The molecule has 2 N–H and O–H groups in total. The summed E-state index contributed by atoms with van der Waals surface area (Å²) in [6.07, 6.45) is 1.44. The third-order valence-electron chi connectivity index (χ3n) is 3.03. The Morgan fingerprint density at radius 2 is 2.17 bits per heavy atom. The number of carbonyl (C=O) groups is 1. The number of halogens is 1. The Morgan fingerprint density at radius 1 is 1.38 bits per heavy atom. The normalized spacial score (nSPS) is 10.6. The fourth-order valence-electron chi connectivity index (χ4n) is 1.97. The number of nitrogens with zero attached hydrogens (tertiary/aromatic N) is 1. The van der Waals surface area contributed by atoms with Crippen molar-refractivity contribution in [2.45, 2.75) is 6.92 Å². The first kappa shape index (κ1) is 17.8. The molecule has 0 saturated heterocycles. The van der Waals surface area contributed by atoms with Crippen LogP contribution in [-0.4, -0.2) is 30.9 Å². The summed E-state index contributed by atoms with van der Waals surface area (Å²) in [6, 6.07) is 9.74. The summed E-state index contributed by atoms with van der Waals surface area (Å²) in [5.74, 6) is 0.729. The molecule has 0 aliphatic carbocycles. The van der Waals surface area contributed by atoms with Gasteiger partial charge in [0, 0.05) is 5.56 Å². The third-order valence-corrected chi connectivity index (χ3v) is 3.62. The quantitative estimate of drug-likeness (QED) is 0.583. The van der Waals surface area contributed by atoms with Crippen LogP contribution in [-0.2, 0) is 0 Å². The summed E-state index contributed by atoms with van der Waals surface area (Å²) in [6.45, 7) is 2.34. The van der Waals surface area contributed by atoms with Gasteiger partial charge in [0.25, 0.3) is 5.91 Å². The van der Waals surface area contributed by atoms with Crippen LogP contribution in [0.3, 0.4) is 0 Å². The highest BCUT2D eigenvalue weighted by Crippen LogP contribution is 2.36. The molecule has 126 valence electrons. The molecule has 0 aliphatic heterocycles. The van der Waals surface area contributed by atoms with E-state index in [1.165, 1.54) is 19.4 Å². The van der Waals surface area contributed by atoms with Gasteiger partial charge in [0.2, 0.25) is 0 Å². The zero-order valence-corrected chi connectivity index (χ0v) is 14.8. The molecule has 0 radical (unpaired) electrons. The van der Waals surface area contributed by atoms with Crippen LogP contribution < -0.4 is 14.9 Å². The summed E-state index contributed by atoms with van der Waals surface area (Å²) >= 11 is 3.37. The molecule has 2 rings (SSSR count). The van der Waals surface area contributed by atoms with Crippen LogP contribution in [0.5, 0.6) is 17.2 Å². The van der Waals surface area contributed by atoms with E-state index in [0.29, 0.717) is 33.7 Å². The largest absolute Gasteiger partial charge is 0.508 e. The molecular formula is C17H17BrN2O4. The maximum absolute atomic E-state index is 12.2. The van der Waals surface area contributed by atoms with Gasteiger partial charge in [0.1, 0.15) is 5.75 Å². The monoisotopic (exact) mass is 392 g/mol. The number of hydrogen-bond donors (Lipinski definition) is 2. The Kier molecular flexibility index (Phi) is 6.20. The SMILES string of the molecule is CCOc1c(Br)cc(C(=O)N/N=C\c2cccc(O)c2)cc1OC. The number of carbonyl (C=O) groups excluding carboxylic acids is 1. The van der Waals surface area contributed by atoms with E-state index >= 15 is 0 Å². The standard InChI is InChI=1S/C17H17BrN2O4/c1-3-24-16-14(18)8-12(9-15(16)23-2)17(22)20-19-10-11-5-4-6-13(21)7-11/h4-10,21H,3H2,1-2H3,(H,20,22)/b19-10-. The number of phenolic OH excluding ortho intramolecular Hbond substituents is 1. The van der Waals surface area contributed by atoms with Crippen molar-refractivity contribution in [3.8, 4) is 17.2 Å². The van der Waals surface area contributed by atoms with Crippen molar-refractivity contribution in [3.63, 3.8) is 0 Å². The molecule has 0 unspecified atom stereocenters. The Hall–Kier alpha value is -2.54. The highest BCUT2D eigenvalue weighted by molar-refractivity contribution is 9.10. The lowest BCUT2D eigenvalue weighted by Crippen LogP contribution is -2.18. The number of amides is 1. The van der Waals surface area contributed by atoms with Gasteiger partial charge in [-0.05, 0) is 52.7 Å². The van der Waals surface area contributed by atoms with E-state index in [4.69, 9.17) is 9.47 Å². The average molecular weight is 393 g/mol. The number of benzene rings is 2. The molecule has 7 heteroatoms. The van der Waals surface area contributed by atoms with Gasteiger partial charge in [-0.25, -0.2) is 5.43 Å². The van der Waals surface area contributed by atoms with Crippen LogP contribution in [0.25, 0.3) is 0 Å². The first-order valence-corrected chi connectivity index (χ1v) is 7.97. The van der Waals surface area contributed by atoms with E-state index in [1.807, 2.05) is 6.92 Å². The van der Waals surface area contributed by atoms with Gasteiger partial charge in [-0.3, -0.25) is 4.79 Å². The summed E-state index contributed by atoms with van der Waals surface area (Å²) in [5.41, 5.74) is 3.47. The van der Waals surface area contributed by atoms with Crippen LogP contribution in [0.1, 0.15) is 22.8 Å². The topological polar surface area (TPSA) is 80.2 Å². The summed E-state index contributed by atoms with van der Waals surface area (Å²) < 4.78 is 11.4. The van der Waals surface area contributed by atoms with E-state index < -0.39 is 5.91 Å². The maximum atomic E-state index is 12.2. The van der Waals surface area contributed by atoms with E-state index in [9.17, 15) is 9.90 Å². The highest BCUT2D eigenvalue weighted by Gasteiger charge is 2.15.